The highest BCUT2D eigenvalue weighted by Gasteiger charge is 2.35. The summed E-state index contributed by atoms with van der Waals surface area (Å²) in [5.41, 5.74) is -1.09. The van der Waals surface area contributed by atoms with Crippen LogP contribution in [0.15, 0.2) is 21.9 Å². The molecular weight excluding hydrogens is 216 g/mol. The zero-order chi connectivity index (χ0) is 11.7. The SMILES string of the molecule is O=c1cc[nH]c(=O)n1[C@@H]1C[C@@H](O)C(CO)O1. The van der Waals surface area contributed by atoms with Crippen LogP contribution in [0.1, 0.15) is 12.6 Å². The first-order chi connectivity index (χ1) is 7.63. The van der Waals surface area contributed by atoms with Gasteiger partial charge in [-0.25, -0.2) is 9.36 Å². The Morgan fingerprint density at radius 3 is 2.88 bits per heavy atom. The fourth-order valence-corrected chi connectivity index (χ4v) is 1.74. The molecule has 3 atom stereocenters. The van der Waals surface area contributed by atoms with Gasteiger partial charge in [-0.15, -0.1) is 0 Å². The van der Waals surface area contributed by atoms with Crippen LogP contribution < -0.4 is 11.2 Å². The normalized spacial score (nSPS) is 29.5. The van der Waals surface area contributed by atoms with E-state index in [1.807, 2.05) is 0 Å². The average Bonchev–Trinajstić information content (AvgIpc) is 2.59. The van der Waals surface area contributed by atoms with Crippen LogP contribution in [-0.4, -0.2) is 38.6 Å². The highest BCUT2D eigenvalue weighted by atomic mass is 16.5. The molecule has 1 aromatic rings. The summed E-state index contributed by atoms with van der Waals surface area (Å²) in [4.78, 5) is 25.2. The lowest BCUT2D eigenvalue weighted by Gasteiger charge is -2.12. The topological polar surface area (TPSA) is 105 Å². The molecule has 0 aromatic carbocycles. The Labute approximate surface area is 89.9 Å². The summed E-state index contributed by atoms with van der Waals surface area (Å²) >= 11 is 0. The molecule has 0 saturated carbocycles. The summed E-state index contributed by atoms with van der Waals surface area (Å²) in [6.07, 6.45) is -1.10. The highest BCUT2D eigenvalue weighted by molar-refractivity contribution is 4.88. The lowest BCUT2D eigenvalue weighted by molar-refractivity contribution is -0.0469. The first-order valence-electron chi connectivity index (χ1n) is 4.88. The van der Waals surface area contributed by atoms with E-state index in [1.165, 1.54) is 12.3 Å². The predicted molar refractivity (Wildman–Crippen MR) is 52.9 cm³/mol. The minimum Gasteiger partial charge on any atom is -0.394 e. The number of hydrogen-bond donors (Lipinski definition) is 3. The molecule has 1 aliphatic heterocycles. The van der Waals surface area contributed by atoms with Gasteiger partial charge in [0.25, 0.3) is 5.56 Å². The monoisotopic (exact) mass is 228 g/mol. The van der Waals surface area contributed by atoms with Crippen molar-refractivity contribution in [1.82, 2.24) is 9.55 Å². The number of H-pyrrole nitrogens is 1. The summed E-state index contributed by atoms with van der Waals surface area (Å²) in [5, 5.41) is 18.4. The molecule has 2 rings (SSSR count). The Hall–Kier alpha value is -1.44. The van der Waals surface area contributed by atoms with E-state index in [9.17, 15) is 14.7 Å². The second-order valence-corrected chi connectivity index (χ2v) is 3.61. The van der Waals surface area contributed by atoms with Crippen LogP contribution in [0.5, 0.6) is 0 Å². The molecule has 1 saturated heterocycles. The summed E-state index contributed by atoms with van der Waals surface area (Å²) < 4.78 is 6.10. The molecular formula is C9H12N2O5. The van der Waals surface area contributed by atoms with Crippen LogP contribution >= 0.6 is 0 Å². The maximum atomic E-state index is 11.4. The van der Waals surface area contributed by atoms with Gasteiger partial charge in [-0.05, 0) is 0 Å². The van der Waals surface area contributed by atoms with E-state index < -0.39 is 29.7 Å². The van der Waals surface area contributed by atoms with Crippen molar-refractivity contribution < 1.29 is 14.9 Å². The lowest BCUT2D eigenvalue weighted by atomic mass is 10.2. The molecule has 1 fully saturated rings. The number of nitrogens with one attached hydrogen (secondary N) is 1. The third kappa shape index (κ3) is 1.80. The number of hydrogen-bond acceptors (Lipinski definition) is 5. The Morgan fingerprint density at radius 1 is 1.56 bits per heavy atom. The van der Waals surface area contributed by atoms with E-state index in [2.05, 4.69) is 4.98 Å². The largest absolute Gasteiger partial charge is 0.394 e. The predicted octanol–water partition coefficient (Wildman–Crippen LogP) is -1.82. The average molecular weight is 228 g/mol. The molecule has 16 heavy (non-hydrogen) atoms. The summed E-state index contributed by atoms with van der Waals surface area (Å²) in [6.45, 7) is -0.350. The van der Waals surface area contributed by atoms with E-state index in [-0.39, 0.29) is 13.0 Å². The van der Waals surface area contributed by atoms with Gasteiger partial charge in [-0.1, -0.05) is 0 Å². The van der Waals surface area contributed by atoms with Gasteiger partial charge in [0.1, 0.15) is 12.3 Å². The first kappa shape index (κ1) is 11.1. The molecule has 0 bridgehead atoms. The van der Waals surface area contributed by atoms with Gasteiger partial charge in [0, 0.05) is 18.7 Å². The molecule has 3 N–H and O–H groups in total. The zero-order valence-corrected chi connectivity index (χ0v) is 8.37. The molecule has 2 heterocycles. The number of ether oxygens (including phenoxy) is 1. The van der Waals surface area contributed by atoms with Crippen LogP contribution in [0.3, 0.4) is 0 Å². The van der Waals surface area contributed by atoms with Crippen molar-refractivity contribution in [3.8, 4) is 0 Å². The van der Waals surface area contributed by atoms with Gasteiger partial charge in [-0.3, -0.25) is 4.79 Å². The Bertz CT molecular complexity index is 451. The van der Waals surface area contributed by atoms with Gasteiger partial charge in [0.05, 0.1) is 12.7 Å². The van der Waals surface area contributed by atoms with Crippen molar-refractivity contribution in [3.63, 3.8) is 0 Å². The Balaban J connectivity index is 2.34. The van der Waals surface area contributed by atoms with Gasteiger partial charge in [0.2, 0.25) is 0 Å². The van der Waals surface area contributed by atoms with Crippen molar-refractivity contribution in [2.75, 3.05) is 6.61 Å². The van der Waals surface area contributed by atoms with Crippen molar-refractivity contribution >= 4 is 0 Å². The minimum absolute atomic E-state index is 0.109. The minimum atomic E-state index is -0.874. The number of aliphatic hydroxyl groups excluding tert-OH is 2. The number of aliphatic hydroxyl groups is 2. The smallest absolute Gasteiger partial charge is 0.330 e. The number of aromatic amines is 1. The number of rotatable bonds is 2. The molecule has 0 amide bonds. The van der Waals surface area contributed by atoms with Gasteiger partial charge in [0.15, 0.2) is 0 Å². The first-order valence-corrected chi connectivity index (χ1v) is 4.88. The Kier molecular flexibility index (Phi) is 2.90. The second-order valence-electron chi connectivity index (χ2n) is 3.61. The van der Waals surface area contributed by atoms with E-state index >= 15 is 0 Å². The maximum Gasteiger partial charge on any atom is 0.330 e. The summed E-state index contributed by atoms with van der Waals surface area (Å²) in [5.74, 6) is 0. The molecule has 0 radical (unpaired) electrons. The molecule has 7 heteroatoms. The fourth-order valence-electron chi connectivity index (χ4n) is 1.74. The molecule has 1 unspecified atom stereocenters. The molecule has 1 aromatic heterocycles. The van der Waals surface area contributed by atoms with Crippen molar-refractivity contribution in [1.29, 1.82) is 0 Å². The van der Waals surface area contributed by atoms with Gasteiger partial charge < -0.3 is 19.9 Å². The molecule has 1 aliphatic rings. The standard InChI is InChI=1S/C9H12N2O5/c12-4-6-5(13)3-8(16-6)11-7(14)1-2-10-9(11)15/h1-2,5-6,8,12-13H,3-4H2,(H,10,15)/t5-,6?,8+/m1/s1. The second kappa shape index (κ2) is 4.20. The number of aromatic nitrogens is 2. The van der Waals surface area contributed by atoms with Gasteiger partial charge in [-0.2, -0.15) is 0 Å². The Morgan fingerprint density at radius 2 is 2.31 bits per heavy atom. The maximum absolute atomic E-state index is 11.4. The third-order valence-electron chi connectivity index (χ3n) is 2.56. The van der Waals surface area contributed by atoms with Crippen molar-refractivity contribution in [3.05, 3.63) is 33.1 Å². The highest BCUT2D eigenvalue weighted by Crippen LogP contribution is 2.26. The lowest BCUT2D eigenvalue weighted by Crippen LogP contribution is -2.37. The summed E-state index contributed by atoms with van der Waals surface area (Å²) in [7, 11) is 0. The third-order valence-corrected chi connectivity index (χ3v) is 2.56. The van der Waals surface area contributed by atoms with Crippen LogP contribution in [0, 0.1) is 0 Å². The van der Waals surface area contributed by atoms with Crippen molar-refractivity contribution in [2.24, 2.45) is 0 Å². The van der Waals surface area contributed by atoms with Crippen LogP contribution in [0.4, 0.5) is 0 Å². The van der Waals surface area contributed by atoms with E-state index in [1.54, 1.807) is 0 Å². The van der Waals surface area contributed by atoms with Crippen LogP contribution in [0.2, 0.25) is 0 Å². The van der Waals surface area contributed by atoms with E-state index in [4.69, 9.17) is 9.84 Å². The summed E-state index contributed by atoms with van der Waals surface area (Å²) in [6, 6.07) is 1.20. The fraction of sp³-hybridized carbons (Fsp3) is 0.556. The van der Waals surface area contributed by atoms with Crippen LogP contribution in [-0.2, 0) is 4.74 Å². The van der Waals surface area contributed by atoms with Gasteiger partial charge >= 0.3 is 5.69 Å². The molecule has 88 valence electrons. The van der Waals surface area contributed by atoms with E-state index in [0.29, 0.717) is 0 Å². The van der Waals surface area contributed by atoms with Crippen molar-refractivity contribution in [2.45, 2.75) is 24.9 Å². The zero-order valence-electron chi connectivity index (χ0n) is 8.37. The van der Waals surface area contributed by atoms with E-state index in [0.717, 1.165) is 4.57 Å². The molecule has 0 spiro atoms. The molecule has 0 aliphatic carbocycles. The molecule has 7 nitrogen and oxygen atoms in total. The number of nitrogens with zero attached hydrogens (tertiary/aromatic N) is 1. The quantitative estimate of drug-likeness (QED) is 0.552. The van der Waals surface area contributed by atoms with Crippen LogP contribution in [0.25, 0.3) is 0 Å².